The van der Waals surface area contributed by atoms with Gasteiger partial charge in [-0.1, -0.05) is 6.92 Å². The van der Waals surface area contributed by atoms with Crippen molar-refractivity contribution >= 4 is 34.7 Å². The van der Waals surface area contributed by atoms with Crippen LogP contribution >= 0.6 is 0 Å². The van der Waals surface area contributed by atoms with Gasteiger partial charge in [0.15, 0.2) is 34.7 Å². The molecule has 0 aromatic heterocycles. The molecular weight excluding hydrogens is 561 g/mol. The molecule has 3 unspecified atom stereocenters. The van der Waals surface area contributed by atoms with Gasteiger partial charge in [0.25, 0.3) is 0 Å². The number of rotatable bonds is 7. The predicted molar refractivity (Wildman–Crippen MR) is 143 cm³/mol. The van der Waals surface area contributed by atoms with Crippen molar-refractivity contribution in [1.82, 2.24) is 10.2 Å². The number of aromatic hydroxyl groups is 1. The van der Waals surface area contributed by atoms with E-state index in [0.29, 0.717) is 11.3 Å². The summed E-state index contributed by atoms with van der Waals surface area (Å²) in [4.78, 5) is 69.7. The standard InChI is InChI=1S/C28H35F3N4O7/c1-6-16(28(29,30)31)33-10-12-9-15(34(2)3)13-7-11-8-14-20(35(4)5)23(38)19(26(32)41)25(40)27(14,42)24(39)17(11)22(37)18(13)21(12)36/h9,11,14,16-17,19-20,33,36,42H,6-8,10H2,1-5H3,(H2,32,41)/t11-,14-,16?,17?,19?,20-,27-/m1/s1. The zero-order valence-electron chi connectivity index (χ0n) is 23.9. The van der Waals surface area contributed by atoms with Crippen molar-refractivity contribution in [2.24, 2.45) is 29.4 Å². The molecular formula is C28H35F3N4O7. The maximum absolute atomic E-state index is 14.0. The molecule has 2 saturated carbocycles. The summed E-state index contributed by atoms with van der Waals surface area (Å²) in [6.07, 6.45) is -4.89. The van der Waals surface area contributed by atoms with Crippen LogP contribution < -0.4 is 16.0 Å². The Labute approximate surface area is 240 Å². The number of nitrogens with two attached hydrogens (primary N) is 1. The fourth-order valence-corrected chi connectivity index (χ4v) is 6.96. The summed E-state index contributed by atoms with van der Waals surface area (Å²) < 4.78 is 40.0. The first-order valence-corrected chi connectivity index (χ1v) is 13.6. The molecule has 3 aliphatic carbocycles. The topological polar surface area (TPSA) is 170 Å². The molecule has 3 aliphatic rings. The van der Waals surface area contributed by atoms with Gasteiger partial charge in [0, 0.05) is 37.8 Å². The SMILES string of the molecule is CCC(NCc1cc(N(C)C)c2c(c1O)C(=O)C1C(=O)[C@@]3(O)C(=O)C(C(N)=O)C(=O)[C@H](N(C)C)[C@H]3C[C@H]1C2)C(F)(F)F. The number of nitrogens with one attached hydrogen (secondary N) is 1. The molecule has 5 N–H and O–H groups in total. The molecule has 1 aromatic rings. The molecule has 0 saturated heterocycles. The summed E-state index contributed by atoms with van der Waals surface area (Å²) in [5.74, 6) is -11.9. The molecule has 1 aromatic carbocycles. The van der Waals surface area contributed by atoms with Gasteiger partial charge < -0.3 is 26.2 Å². The van der Waals surface area contributed by atoms with Crippen LogP contribution in [-0.4, -0.2) is 96.2 Å². The summed E-state index contributed by atoms with van der Waals surface area (Å²) in [5, 5.41) is 25.2. The molecule has 2 fully saturated rings. The van der Waals surface area contributed by atoms with Crippen molar-refractivity contribution in [2.45, 2.75) is 56.6 Å². The molecule has 230 valence electrons. The van der Waals surface area contributed by atoms with E-state index in [0.717, 1.165) is 0 Å². The van der Waals surface area contributed by atoms with Gasteiger partial charge in [-0.2, -0.15) is 13.2 Å². The highest BCUT2D eigenvalue weighted by atomic mass is 19.4. The second-order valence-electron chi connectivity index (χ2n) is 11.8. The number of carbonyl (C=O) groups excluding carboxylic acids is 5. The van der Waals surface area contributed by atoms with E-state index in [1.54, 1.807) is 19.0 Å². The number of alkyl halides is 3. The number of primary amides is 1. The van der Waals surface area contributed by atoms with Gasteiger partial charge in [-0.25, -0.2) is 0 Å². The molecule has 42 heavy (non-hydrogen) atoms. The molecule has 0 heterocycles. The van der Waals surface area contributed by atoms with Crippen molar-refractivity contribution < 1.29 is 47.4 Å². The summed E-state index contributed by atoms with van der Waals surface area (Å²) in [6, 6.07) is -1.61. The molecule has 14 heteroatoms. The Morgan fingerprint density at radius 3 is 2.29 bits per heavy atom. The van der Waals surface area contributed by atoms with Crippen molar-refractivity contribution in [2.75, 3.05) is 33.1 Å². The Hall–Kier alpha value is -3.36. The number of amides is 1. The number of hydrogen-bond acceptors (Lipinski definition) is 10. The lowest BCUT2D eigenvalue weighted by atomic mass is 9.52. The molecule has 0 spiro atoms. The molecule has 0 radical (unpaired) electrons. The number of Topliss-reactive ketones (excluding diaryl/α,β-unsaturated/α-hetero) is 4. The molecule has 7 atom stereocenters. The lowest BCUT2D eigenvalue weighted by Gasteiger charge is -2.52. The Balaban J connectivity index is 1.83. The Morgan fingerprint density at radius 1 is 1.17 bits per heavy atom. The van der Waals surface area contributed by atoms with Gasteiger partial charge in [0.1, 0.15) is 11.8 Å². The summed E-state index contributed by atoms with van der Waals surface area (Å²) in [6.45, 7) is 0.911. The third-order valence-electron chi connectivity index (χ3n) is 8.94. The highest BCUT2D eigenvalue weighted by molar-refractivity contribution is 6.32. The van der Waals surface area contributed by atoms with Crippen LogP contribution in [0.1, 0.15) is 41.3 Å². The normalized spacial score (nSPS) is 30.1. The van der Waals surface area contributed by atoms with Gasteiger partial charge in [-0.05, 0) is 50.9 Å². The number of phenolic OH excluding ortho intramolecular Hbond substituents is 1. The Kier molecular flexibility index (Phi) is 8.06. The number of aliphatic hydroxyl groups is 1. The van der Waals surface area contributed by atoms with Crippen molar-refractivity contribution in [3.63, 3.8) is 0 Å². The fraction of sp³-hybridized carbons (Fsp3) is 0.607. The van der Waals surface area contributed by atoms with E-state index in [9.17, 15) is 47.4 Å². The number of ketones is 4. The van der Waals surface area contributed by atoms with Crippen LogP contribution in [0, 0.1) is 23.7 Å². The first-order chi connectivity index (χ1) is 19.4. The lowest BCUT2D eigenvalue weighted by Crippen LogP contribution is -2.74. The van der Waals surface area contributed by atoms with Crippen molar-refractivity contribution in [3.8, 4) is 5.75 Å². The number of hydrogen-bond donors (Lipinski definition) is 4. The van der Waals surface area contributed by atoms with Crippen molar-refractivity contribution in [3.05, 3.63) is 22.8 Å². The average molecular weight is 597 g/mol. The van der Waals surface area contributed by atoms with Gasteiger partial charge in [0.2, 0.25) is 5.91 Å². The van der Waals surface area contributed by atoms with Gasteiger partial charge in [0.05, 0.1) is 17.5 Å². The van der Waals surface area contributed by atoms with E-state index < -0.39 is 88.9 Å². The molecule has 4 rings (SSSR count). The third-order valence-corrected chi connectivity index (χ3v) is 8.94. The smallest absolute Gasteiger partial charge is 0.403 e. The lowest BCUT2D eigenvalue weighted by molar-refractivity contribution is -0.181. The largest absolute Gasteiger partial charge is 0.507 e. The van der Waals surface area contributed by atoms with E-state index in [1.165, 1.54) is 32.0 Å². The molecule has 0 aliphatic heterocycles. The highest BCUT2D eigenvalue weighted by Crippen LogP contribution is 2.52. The van der Waals surface area contributed by atoms with E-state index in [4.69, 9.17) is 5.73 Å². The quantitative estimate of drug-likeness (QED) is 0.323. The van der Waals surface area contributed by atoms with Crippen LogP contribution in [0.15, 0.2) is 6.07 Å². The minimum absolute atomic E-state index is 0.00685. The van der Waals surface area contributed by atoms with Crippen LogP contribution in [0.3, 0.4) is 0 Å². The second kappa shape index (κ2) is 10.7. The Bertz CT molecular complexity index is 1360. The van der Waals surface area contributed by atoms with Gasteiger partial charge >= 0.3 is 6.18 Å². The zero-order chi connectivity index (χ0) is 31.6. The third kappa shape index (κ3) is 4.69. The predicted octanol–water partition coefficient (Wildman–Crippen LogP) is 0.364. The average Bonchev–Trinajstić information content (AvgIpc) is 2.86. The summed E-state index contributed by atoms with van der Waals surface area (Å²) >= 11 is 0. The van der Waals surface area contributed by atoms with E-state index in [-0.39, 0.29) is 30.4 Å². The van der Waals surface area contributed by atoms with Crippen LogP contribution in [0.4, 0.5) is 18.9 Å². The van der Waals surface area contributed by atoms with Crippen LogP contribution in [-0.2, 0) is 32.1 Å². The van der Waals surface area contributed by atoms with Crippen molar-refractivity contribution in [1.29, 1.82) is 0 Å². The molecule has 11 nitrogen and oxygen atoms in total. The number of phenols is 1. The second-order valence-corrected chi connectivity index (χ2v) is 11.8. The minimum Gasteiger partial charge on any atom is -0.507 e. The molecule has 1 amide bonds. The number of fused-ring (bicyclic) bond motifs is 3. The first-order valence-electron chi connectivity index (χ1n) is 13.6. The first kappa shape index (κ1) is 31.6. The number of halogens is 3. The van der Waals surface area contributed by atoms with Gasteiger partial charge in [-0.3, -0.25) is 28.9 Å². The van der Waals surface area contributed by atoms with E-state index in [1.807, 2.05) is 0 Å². The monoisotopic (exact) mass is 596 g/mol. The zero-order valence-corrected chi connectivity index (χ0v) is 23.9. The van der Waals surface area contributed by atoms with Crippen LogP contribution in [0.25, 0.3) is 0 Å². The number of anilines is 1. The molecule has 0 bridgehead atoms. The minimum atomic E-state index is -4.55. The van der Waals surface area contributed by atoms with Gasteiger partial charge in [-0.15, -0.1) is 0 Å². The number of carbonyl (C=O) groups is 5. The number of nitrogens with zero attached hydrogens (tertiary/aromatic N) is 2. The fourth-order valence-electron chi connectivity index (χ4n) is 6.96. The summed E-state index contributed by atoms with van der Waals surface area (Å²) in [5.41, 5.74) is 2.98. The maximum atomic E-state index is 14.0. The van der Waals surface area contributed by atoms with Crippen LogP contribution in [0.2, 0.25) is 0 Å². The van der Waals surface area contributed by atoms with E-state index >= 15 is 0 Å². The summed E-state index contributed by atoms with van der Waals surface area (Å²) in [7, 11) is 6.29. The maximum Gasteiger partial charge on any atom is 0.403 e. The highest BCUT2D eigenvalue weighted by Gasteiger charge is 2.69. The number of benzene rings is 1. The Morgan fingerprint density at radius 2 is 1.79 bits per heavy atom. The van der Waals surface area contributed by atoms with E-state index in [2.05, 4.69) is 5.32 Å². The number of likely N-dealkylation sites (N-methyl/N-ethyl adjacent to an activating group) is 1. The van der Waals surface area contributed by atoms with Crippen LogP contribution in [0.5, 0.6) is 5.75 Å².